The van der Waals surface area contributed by atoms with Crippen molar-refractivity contribution in [2.24, 2.45) is 5.73 Å². The van der Waals surface area contributed by atoms with Crippen LogP contribution < -0.4 is 11.1 Å². The topological polar surface area (TPSA) is 111 Å². The van der Waals surface area contributed by atoms with E-state index in [9.17, 15) is 9.59 Å². The molecule has 27 heavy (non-hydrogen) atoms. The molecule has 0 saturated heterocycles. The number of nitrogens with zero attached hydrogens (tertiary/aromatic N) is 3. The monoisotopic (exact) mass is 379 g/mol. The SMILES string of the molecule is C[C@H](Sc1nnc(-c2ccccc2)c(-c2ccccc2)n1)C(=O)NC(N)=O. The summed E-state index contributed by atoms with van der Waals surface area (Å²) in [5.41, 5.74) is 8.09. The van der Waals surface area contributed by atoms with Crippen LogP contribution in [0.4, 0.5) is 4.79 Å². The average Bonchev–Trinajstić information content (AvgIpc) is 2.69. The number of imide groups is 1. The Morgan fingerprint density at radius 3 is 2.04 bits per heavy atom. The van der Waals surface area contributed by atoms with Crippen molar-refractivity contribution in [2.75, 3.05) is 0 Å². The van der Waals surface area contributed by atoms with Gasteiger partial charge in [-0.1, -0.05) is 72.4 Å². The lowest BCUT2D eigenvalue weighted by molar-refractivity contribution is -0.119. The van der Waals surface area contributed by atoms with Crippen LogP contribution in [0.3, 0.4) is 0 Å². The molecular formula is C19H17N5O2S. The van der Waals surface area contributed by atoms with E-state index in [1.165, 1.54) is 0 Å². The number of aromatic nitrogens is 3. The number of nitrogens with one attached hydrogen (secondary N) is 1. The van der Waals surface area contributed by atoms with Gasteiger partial charge in [-0.05, 0) is 6.92 Å². The minimum Gasteiger partial charge on any atom is -0.351 e. The Morgan fingerprint density at radius 1 is 0.926 bits per heavy atom. The van der Waals surface area contributed by atoms with E-state index in [0.29, 0.717) is 16.5 Å². The molecule has 0 bridgehead atoms. The lowest BCUT2D eigenvalue weighted by Gasteiger charge is -2.12. The summed E-state index contributed by atoms with van der Waals surface area (Å²) in [6, 6.07) is 18.4. The molecule has 0 aliphatic rings. The summed E-state index contributed by atoms with van der Waals surface area (Å²) in [6.07, 6.45) is 0. The molecule has 0 radical (unpaired) electrons. The third kappa shape index (κ3) is 4.68. The summed E-state index contributed by atoms with van der Waals surface area (Å²) in [5, 5.41) is 10.3. The maximum absolute atomic E-state index is 11.9. The summed E-state index contributed by atoms with van der Waals surface area (Å²) in [7, 11) is 0. The van der Waals surface area contributed by atoms with Gasteiger partial charge < -0.3 is 5.73 Å². The van der Waals surface area contributed by atoms with E-state index in [1.807, 2.05) is 66.0 Å². The summed E-state index contributed by atoms with van der Waals surface area (Å²) in [6.45, 7) is 1.64. The van der Waals surface area contributed by atoms with Crippen molar-refractivity contribution in [3.05, 3.63) is 60.7 Å². The number of hydrogen-bond donors (Lipinski definition) is 2. The maximum atomic E-state index is 11.9. The predicted octanol–water partition coefficient (Wildman–Crippen LogP) is 2.88. The summed E-state index contributed by atoms with van der Waals surface area (Å²) < 4.78 is 0. The highest BCUT2D eigenvalue weighted by Gasteiger charge is 2.20. The summed E-state index contributed by atoms with van der Waals surface area (Å²) >= 11 is 1.10. The van der Waals surface area contributed by atoms with Gasteiger partial charge in [0.2, 0.25) is 11.1 Å². The van der Waals surface area contributed by atoms with E-state index >= 15 is 0 Å². The van der Waals surface area contributed by atoms with E-state index in [2.05, 4.69) is 15.2 Å². The molecule has 0 aliphatic carbocycles. The third-order valence-corrected chi connectivity index (χ3v) is 4.61. The van der Waals surface area contributed by atoms with Crippen LogP contribution >= 0.6 is 11.8 Å². The molecule has 136 valence electrons. The molecule has 0 spiro atoms. The van der Waals surface area contributed by atoms with E-state index in [0.717, 1.165) is 22.9 Å². The molecule has 8 heteroatoms. The van der Waals surface area contributed by atoms with Crippen molar-refractivity contribution in [1.82, 2.24) is 20.5 Å². The van der Waals surface area contributed by atoms with Crippen LogP contribution in [-0.2, 0) is 4.79 Å². The molecule has 2 aromatic carbocycles. The molecule has 3 N–H and O–H groups in total. The van der Waals surface area contributed by atoms with Gasteiger partial charge in [0.05, 0.1) is 5.25 Å². The van der Waals surface area contributed by atoms with Gasteiger partial charge in [0.15, 0.2) is 0 Å². The predicted molar refractivity (Wildman–Crippen MR) is 104 cm³/mol. The van der Waals surface area contributed by atoms with Gasteiger partial charge in [-0.15, -0.1) is 10.2 Å². The Labute approximate surface area is 160 Å². The van der Waals surface area contributed by atoms with Gasteiger partial charge in [-0.2, -0.15) is 0 Å². The molecule has 3 aromatic rings. The number of thioether (sulfide) groups is 1. The first-order chi connectivity index (χ1) is 13.0. The molecule has 0 fully saturated rings. The molecule has 0 unspecified atom stereocenters. The van der Waals surface area contributed by atoms with Crippen molar-refractivity contribution in [3.8, 4) is 22.5 Å². The number of primary amides is 1. The summed E-state index contributed by atoms with van der Waals surface area (Å²) in [4.78, 5) is 27.4. The largest absolute Gasteiger partial charge is 0.351 e. The van der Waals surface area contributed by atoms with Gasteiger partial charge in [-0.25, -0.2) is 9.78 Å². The molecule has 1 heterocycles. The Balaban J connectivity index is 1.97. The van der Waals surface area contributed by atoms with Gasteiger partial charge in [0.1, 0.15) is 11.4 Å². The number of carbonyl (C=O) groups excluding carboxylic acids is 2. The van der Waals surface area contributed by atoms with Crippen LogP contribution in [0.25, 0.3) is 22.5 Å². The second kappa shape index (κ2) is 8.41. The quantitative estimate of drug-likeness (QED) is 0.660. The van der Waals surface area contributed by atoms with Crippen LogP contribution in [0.1, 0.15) is 6.92 Å². The first kappa shape index (κ1) is 18.5. The van der Waals surface area contributed by atoms with Crippen molar-refractivity contribution in [2.45, 2.75) is 17.3 Å². The highest BCUT2D eigenvalue weighted by Crippen LogP contribution is 2.30. The molecule has 3 amide bonds. The fourth-order valence-electron chi connectivity index (χ4n) is 2.38. The van der Waals surface area contributed by atoms with Crippen molar-refractivity contribution < 1.29 is 9.59 Å². The van der Waals surface area contributed by atoms with Gasteiger partial charge in [0.25, 0.3) is 0 Å². The smallest absolute Gasteiger partial charge is 0.318 e. The standard InChI is InChI=1S/C19H17N5O2S/c1-12(17(25)22-18(20)26)27-19-21-15(13-8-4-2-5-9-13)16(23-24-19)14-10-6-3-7-11-14/h2-12H,1H3,(H3,20,22,25,26)/t12-/m0/s1. The molecular weight excluding hydrogens is 362 g/mol. The van der Waals surface area contributed by atoms with Crippen molar-refractivity contribution >= 4 is 23.7 Å². The van der Waals surface area contributed by atoms with Gasteiger partial charge in [-0.3, -0.25) is 10.1 Å². The number of benzene rings is 2. The third-order valence-electron chi connectivity index (χ3n) is 3.66. The minimum atomic E-state index is -0.893. The molecule has 1 atom stereocenters. The second-order valence-electron chi connectivity index (χ2n) is 5.64. The number of rotatable bonds is 5. The van der Waals surface area contributed by atoms with Gasteiger partial charge >= 0.3 is 6.03 Å². The Hall–Kier alpha value is -3.26. The highest BCUT2D eigenvalue weighted by atomic mass is 32.2. The maximum Gasteiger partial charge on any atom is 0.318 e. The number of amides is 3. The lowest BCUT2D eigenvalue weighted by atomic mass is 10.0. The number of hydrogen-bond acceptors (Lipinski definition) is 6. The van der Waals surface area contributed by atoms with Crippen molar-refractivity contribution in [1.29, 1.82) is 0 Å². The number of carbonyl (C=O) groups is 2. The first-order valence-corrected chi connectivity index (χ1v) is 9.05. The number of urea groups is 1. The van der Waals surface area contributed by atoms with E-state index in [1.54, 1.807) is 6.92 Å². The van der Waals surface area contributed by atoms with Crippen LogP contribution in [0.2, 0.25) is 0 Å². The van der Waals surface area contributed by atoms with Crippen LogP contribution in [0, 0.1) is 0 Å². The van der Waals surface area contributed by atoms with E-state index in [4.69, 9.17) is 5.73 Å². The Morgan fingerprint density at radius 2 is 1.48 bits per heavy atom. The molecule has 1 aromatic heterocycles. The minimum absolute atomic E-state index is 0.334. The fourth-order valence-corrected chi connectivity index (χ4v) is 3.10. The Bertz CT molecular complexity index is 951. The lowest BCUT2D eigenvalue weighted by Crippen LogP contribution is -2.39. The highest BCUT2D eigenvalue weighted by molar-refractivity contribution is 8.00. The average molecular weight is 379 g/mol. The molecule has 7 nitrogen and oxygen atoms in total. The number of nitrogens with two attached hydrogens (primary N) is 1. The van der Waals surface area contributed by atoms with Crippen molar-refractivity contribution in [3.63, 3.8) is 0 Å². The summed E-state index contributed by atoms with van der Waals surface area (Å²) in [5.74, 6) is -0.510. The zero-order chi connectivity index (χ0) is 19.2. The zero-order valence-electron chi connectivity index (χ0n) is 14.5. The van der Waals surface area contributed by atoms with Gasteiger partial charge in [0, 0.05) is 11.1 Å². The first-order valence-electron chi connectivity index (χ1n) is 8.17. The Kier molecular flexibility index (Phi) is 5.77. The molecule has 3 rings (SSSR count). The molecule has 0 saturated carbocycles. The van der Waals surface area contributed by atoms with Crippen LogP contribution in [0.15, 0.2) is 65.8 Å². The fraction of sp³-hybridized carbons (Fsp3) is 0.105. The second-order valence-corrected chi connectivity index (χ2v) is 6.95. The van der Waals surface area contributed by atoms with E-state index < -0.39 is 17.2 Å². The molecule has 0 aliphatic heterocycles. The zero-order valence-corrected chi connectivity index (χ0v) is 15.3. The van der Waals surface area contributed by atoms with Crippen LogP contribution in [0.5, 0.6) is 0 Å². The normalized spacial score (nSPS) is 11.6. The van der Waals surface area contributed by atoms with E-state index in [-0.39, 0.29) is 0 Å². The van der Waals surface area contributed by atoms with Crippen LogP contribution in [-0.4, -0.2) is 32.4 Å².